The van der Waals surface area contributed by atoms with Gasteiger partial charge in [0.15, 0.2) is 0 Å². The van der Waals surface area contributed by atoms with E-state index in [0.717, 1.165) is 16.8 Å². The SMILES string of the molecule is COC(=O)CC(=O)CCn1[nH]c(=O)ccc1=O. The molecule has 0 aromatic carbocycles. The zero-order chi connectivity index (χ0) is 12.8. The molecule has 0 amide bonds. The van der Waals surface area contributed by atoms with Crippen LogP contribution in [0.4, 0.5) is 0 Å². The number of nitrogens with one attached hydrogen (secondary N) is 1. The molecule has 1 aromatic heterocycles. The lowest BCUT2D eigenvalue weighted by Gasteiger charge is -2.03. The van der Waals surface area contributed by atoms with E-state index in [9.17, 15) is 19.2 Å². The summed E-state index contributed by atoms with van der Waals surface area (Å²) in [5.74, 6) is -0.975. The van der Waals surface area contributed by atoms with Crippen LogP contribution in [-0.4, -0.2) is 28.6 Å². The lowest BCUT2D eigenvalue weighted by Crippen LogP contribution is -2.29. The first-order valence-electron chi connectivity index (χ1n) is 4.91. The average Bonchev–Trinajstić information content (AvgIpc) is 2.30. The molecule has 0 atom stereocenters. The van der Waals surface area contributed by atoms with Gasteiger partial charge in [0.25, 0.3) is 11.1 Å². The van der Waals surface area contributed by atoms with Crippen molar-refractivity contribution in [3.63, 3.8) is 0 Å². The molecule has 7 nitrogen and oxygen atoms in total. The number of methoxy groups -OCH3 is 1. The van der Waals surface area contributed by atoms with Crippen molar-refractivity contribution in [2.24, 2.45) is 0 Å². The smallest absolute Gasteiger partial charge is 0.313 e. The van der Waals surface area contributed by atoms with E-state index in [4.69, 9.17) is 0 Å². The Hall–Kier alpha value is -2.18. The average molecular weight is 240 g/mol. The van der Waals surface area contributed by atoms with Gasteiger partial charge in [0.05, 0.1) is 7.11 Å². The van der Waals surface area contributed by atoms with Crippen LogP contribution < -0.4 is 11.1 Å². The molecule has 0 unspecified atom stereocenters. The molecular weight excluding hydrogens is 228 g/mol. The lowest BCUT2D eigenvalue weighted by atomic mass is 10.2. The Morgan fingerprint density at radius 3 is 2.71 bits per heavy atom. The first kappa shape index (κ1) is 12.9. The highest BCUT2D eigenvalue weighted by Gasteiger charge is 2.09. The Balaban J connectivity index is 2.59. The highest BCUT2D eigenvalue weighted by molar-refractivity contribution is 5.95. The summed E-state index contributed by atoms with van der Waals surface area (Å²) in [7, 11) is 1.19. The van der Waals surface area contributed by atoms with E-state index < -0.39 is 17.1 Å². The number of rotatable bonds is 5. The number of ether oxygens (including phenoxy) is 1. The van der Waals surface area contributed by atoms with Crippen molar-refractivity contribution in [2.75, 3.05) is 7.11 Å². The summed E-state index contributed by atoms with van der Waals surface area (Å²) in [6, 6.07) is 2.22. The fourth-order valence-corrected chi connectivity index (χ4v) is 1.19. The summed E-state index contributed by atoms with van der Waals surface area (Å²) in [5.41, 5.74) is -0.833. The third kappa shape index (κ3) is 4.06. The number of aryl methyl sites for hydroxylation is 1. The first-order chi connectivity index (χ1) is 8.02. The molecule has 92 valence electrons. The number of H-pyrrole nitrogens is 1. The number of ketones is 1. The normalized spacial score (nSPS) is 9.94. The van der Waals surface area contributed by atoms with Gasteiger partial charge in [0.1, 0.15) is 12.2 Å². The van der Waals surface area contributed by atoms with Crippen LogP contribution in [0.15, 0.2) is 21.7 Å². The molecule has 0 radical (unpaired) electrons. The highest BCUT2D eigenvalue weighted by atomic mass is 16.5. The Morgan fingerprint density at radius 2 is 2.06 bits per heavy atom. The molecule has 0 bridgehead atoms. The Bertz CT molecular complexity index is 528. The molecule has 7 heteroatoms. The van der Waals surface area contributed by atoms with E-state index in [1.807, 2.05) is 0 Å². The Kier molecular flexibility index (Phi) is 4.38. The summed E-state index contributed by atoms with van der Waals surface area (Å²) >= 11 is 0. The molecule has 0 spiro atoms. The number of carbonyl (C=O) groups excluding carboxylic acids is 2. The van der Waals surface area contributed by atoms with Gasteiger partial charge in [-0.1, -0.05) is 0 Å². The van der Waals surface area contributed by atoms with Crippen molar-refractivity contribution in [1.82, 2.24) is 9.78 Å². The standard InChI is InChI=1S/C10H12N2O5/c1-17-10(16)6-7(13)4-5-12-9(15)3-2-8(14)11-12/h2-3H,4-6H2,1H3,(H,11,14). The second-order valence-electron chi connectivity index (χ2n) is 3.34. The Morgan fingerprint density at radius 1 is 1.35 bits per heavy atom. The lowest BCUT2D eigenvalue weighted by molar-refractivity contribution is -0.143. The van der Waals surface area contributed by atoms with Gasteiger partial charge in [0, 0.05) is 25.1 Å². The minimum absolute atomic E-state index is 0.0189. The number of hydrogen-bond donors (Lipinski definition) is 1. The number of nitrogens with zero attached hydrogens (tertiary/aromatic N) is 1. The van der Waals surface area contributed by atoms with Gasteiger partial charge in [-0.25, -0.2) is 4.68 Å². The molecule has 0 saturated heterocycles. The molecule has 0 aliphatic rings. The number of carbonyl (C=O) groups is 2. The van der Waals surface area contributed by atoms with Crippen LogP contribution in [0.3, 0.4) is 0 Å². The van der Waals surface area contributed by atoms with E-state index in [1.54, 1.807) is 0 Å². The quantitative estimate of drug-likeness (QED) is 0.529. The maximum atomic E-state index is 11.3. The number of aromatic amines is 1. The van der Waals surface area contributed by atoms with Crippen LogP contribution in [0.1, 0.15) is 12.8 Å². The van der Waals surface area contributed by atoms with Gasteiger partial charge in [0.2, 0.25) is 0 Å². The summed E-state index contributed by atoms with van der Waals surface area (Å²) in [6.07, 6.45) is -0.350. The van der Waals surface area contributed by atoms with Crippen molar-refractivity contribution in [2.45, 2.75) is 19.4 Å². The molecule has 0 fully saturated rings. The van der Waals surface area contributed by atoms with Gasteiger partial charge in [-0.3, -0.25) is 24.3 Å². The van der Waals surface area contributed by atoms with Crippen LogP contribution in [0, 0.1) is 0 Å². The van der Waals surface area contributed by atoms with E-state index in [-0.39, 0.29) is 25.2 Å². The predicted octanol–water partition coefficient (Wildman–Crippen LogP) is -0.941. The van der Waals surface area contributed by atoms with Crippen LogP contribution in [0.5, 0.6) is 0 Å². The number of aromatic nitrogens is 2. The van der Waals surface area contributed by atoms with E-state index in [1.165, 1.54) is 7.11 Å². The summed E-state index contributed by atoms with van der Waals surface area (Å²) in [5, 5.41) is 2.28. The van der Waals surface area contributed by atoms with Gasteiger partial charge in [-0.15, -0.1) is 0 Å². The van der Waals surface area contributed by atoms with Crippen LogP contribution in [0.2, 0.25) is 0 Å². The van der Waals surface area contributed by atoms with Crippen molar-refractivity contribution < 1.29 is 14.3 Å². The van der Waals surface area contributed by atoms with Gasteiger partial charge < -0.3 is 4.74 Å². The third-order valence-electron chi connectivity index (χ3n) is 2.07. The molecular formula is C10H12N2O5. The molecule has 0 aliphatic carbocycles. The van der Waals surface area contributed by atoms with Crippen LogP contribution >= 0.6 is 0 Å². The Labute approximate surface area is 96.0 Å². The van der Waals surface area contributed by atoms with Gasteiger partial charge in [-0.05, 0) is 0 Å². The maximum absolute atomic E-state index is 11.3. The molecule has 0 aliphatic heterocycles. The summed E-state index contributed by atoms with van der Waals surface area (Å²) in [6.45, 7) is 0.0325. The van der Waals surface area contributed by atoms with Gasteiger partial charge >= 0.3 is 5.97 Å². The predicted molar refractivity (Wildman–Crippen MR) is 57.6 cm³/mol. The van der Waals surface area contributed by atoms with E-state index >= 15 is 0 Å². The highest BCUT2D eigenvalue weighted by Crippen LogP contribution is 1.93. The molecule has 1 heterocycles. The van der Waals surface area contributed by atoms with E-state index in [0.29, 0.717) is 0 Å². The van der Waals surface area contributed by atoms with Crippen LogP contribution in [-0.2, 0) is 20.9 Å². The van der Waals surface area contributed by atoms with Crippen molar-refractivity contribution in [3.05, 3.63) is 32.8 Å². The molecule has 1 N–H and O–H groups in total. The topological polar surface area (TPSA) is 98.2 Å². The minimum atomic E-state index is -0.621. The minimum Gasteiger partial charge on any atom is -0.469 e. The van der Waals surface area contributed by atoms with E-state index in [2.05, 4.69) is 9.84 Å². The largest absolute Gasteiger partial charge is 0.469 e. The summed E-state index contributed by atoms with van der Waals surface area (Å²) in [4.78, 5) is 44.2. The fourth-order valence-electron chi connectivity index (χ4n) is 1.19. The van der Waals surface area contributed by atoms with Crippen molar-refractivity contribution >= 4 is 11.8 Å². The van der Waals surface area contributed by atoms with Crippen LogP contribution in [0.25, 0.3) is 0 Å². The van der Waals surface area contributed by atoms with Crippen molar-refractivity contribution in [3.8, 4) is 0 Å². The summed E-state index contributed by atoms with van der Waals surface area (Å²) < 4.78 is 5.35. The second kappa shape index (κ2) is 5.78. The number of esters is 1. The fraction of sp³-hybridized carbons (Fsp3) is 0.400. The third-order valence-corrected chi connectivity index (χ3v) is 2.07. The second-order valence-corrected chi connectivity index (χ2v) is 3.34. The van der Waals surface area contributed by atoms with Crippen molar-refractivity contribution in [1.29, 1.82) is 0 Å². The molecule has 0 saturated carbocycles. The zero-order valence-electron chi connectivity index (χ0n) is 9.26. The zero-order valence-corrected chi connectivity index (χ0v) is 9.26. The molecule has 1 rings (SSSR count). The maximum Gasteiger partial charge on any atom is 0.313 e. The molecule has 17 heavy (non-hydrogen) atoms. The first-order valence-corrected chi connectivity index (χ1v) is 4.91. The molecule has 1 aromatic rings. The number of hydrogen-bond acceptors (Lipinski definition) is 5. The van der Waals surface area contributed by atoms with Gasteiger partial charge in [-0.2, -0.15) is 0 Å². The number of Topliss-reactive ketones (excluding diaryl/α,β-unsaturated/α-hetero) is 1. The monoisotopic (exact) mass is 240 g/mol.